The van der Waals surface area contributed by atoms with Crippen LogP contribution >= 0.6 is 15.9 Å². The van der Waals surface area contributed by atoms with Crippen molar-refractivity contribution in [2.45, 2.75) is 36.0 Å². The van der Waals surface area contributed by atoms with Crippen LogP contribution in [0, 0.1) is 0 Å². The van der Waals surface area contributed by atoms with E-state index >= 15 is 0 Å². The molecule has 1 aromatic carbocycles. The molecular formula is C11H14BrN3O2S2. The Bertz CT molecular complexity index is 652. The Hall–Kier alpha value is -0.570. The van der Waals surface area contributed by atoms with Crippen LogP contribution in [0.4, 0.5) is 11.4 Å². The lowest BCUT2D eigenvalue weighted by Gasteiger charge is -2.16. The third kappa shape index (κ3) is 3.50. The Balaban J connectivity index is 2.27. The quantitative estimate of drug-likeness (QED) is 0.828. The standard InChI is InChI=1S/C11H14BrN3O2S2/c1-7(12)6-8(2)15-19(16,17)10-5-3-4-9-11(10)14-18-13-9/h3-5,7-8,15H,6H2,1-2H3. The van der Waals surface area contributed by atoms with Gasteiger partial charge in [0.05, 0.1) is 11.4 Å². The van der Waals surface area contributed by atoms with E-state index in [1.165, 1.54) is 0 Å². The van der Waals surface area contributed by atoms with Crippen molar-refractivity contribution >= 4 is 48.7 Å². The smallest absolute Gasteiger partial charge is 0.208 e. The van der Waals surface area contributed by atoms with Gasteiger partial charge in [0.1, 0.15) is 16.3 Å². The Kier molecular flexibility index (Phi) is 4.54. The van der Waals surface area contributed by atoms with Crippen LogP contribution in [-0.2, 0) is 21.4 Å². The summed E-state index contributed by atoms with van der Waals surface area (Å²) in [5, 5.41) is 0. The third-order valence-electron chi connectivity index (χ3n) is 2.57. The van der Waals surface area contributed by atoms with Crippen molar-refractivity contribution in [3.05, 3.63) is 18.2 Å². The largest absolute Gasteiger partial charge is 0.243 e. The van der Waals surface area contributed by atoms with Gasteiger partial charge in [-0.2, -0.15) is 8.73 Å². The number of nitrogens with one attached hydrogen (secondary N) is 1. The fourth-order valence-electron chi connectivity index (χ4n) is 1.86. The number of sulfonamides is 1. The first-order chi connectivity index (χ1) is 8.90. The molecule has 2 unspecified atom stereocenters. The van der Waals surface area contributed by atoms with Crippen LogP contribution in [0.25, 0.3) is 0 Å². The van der Waals surface area contributed by atoms with Gasteiger partial charge in [0.15, 0.2) is 0 Å². The second-order valence-corrected chi connectivity index (χ2v) is 8.20. The molecular weight excluding hydrogens is 350 g/mol. The van der Waals surface area contributed by atoms with E-state index in [0.29, 0.717) is 17.8 Å². The number of fused-ring (bicyclic) bond motifs is 1. The molecule has 0 aromatic heterocycles. The monoisotopic (exact) mass is 363 g/mol. The SMILES string of the molecule is CC(Br)CC(C)NS(=O)(=O)c1cccc2c1N=S=N2. The predicted octanol–water partition coefficient (Wildman–Crippen LogP) is 3.25. The van der Waals surface area contributed by atoms with E-state index < -0.39 is 10.0 Å². The minimum absolute atomic E-state index is 0.152. The molecule has 0 spiro atoms. The van der Waals surface area contributed by atoms with E-state index in [4.69, 9.17) is 0 Å². The zero-order chi connectivity index (χ0) is 14.0. The lowest BCUT2D eigenvalue weighted by atomic mass is 10.2. The third-order valence-corrected chi connectivity index (χ3v) is 5.11. The van der Waals surface area contributed by atoms with Crippen molar-refractivity contribution in [3.63, 3.8) is 0 Å². The highest BCUT2D eigenvalue weighted by Crippen LogP contribution is 2.37. The van der Waals surface area contributed by atoms with Crippen molar-refractivity contribution in [3.8, 4) is 0 Å². The zero-order valence-corrected chi connectivity index (χ0v) is 13.7. The maximum Gasteiger partial charge on any atom is 0.243 e. The fourth-order valence-corrected chi connectivity index (χ4v) is 4.45. The molecule has 104 valence electrons. The maximum atomic E-state index is 12.3. The van der Waals surface area contributed by atoms with E-state index in [1.54, 1.807) is 18.2 Å². The molecule has 1 aromatic rings. The first-order valence-electron chi connectivity index (χ1n) is 5.78. The first kappa shape index (κ1) is 14.8. The number of alkyl halides is 1. The van der Waals surface area contributed by atoms with Gasteiger partial charge in [-0.15, -0.1) is 0 Å². The summed E-state index contributed by atoms with van der Waals surface area (Å²) < 4.78 is 35.5. The molecule has 1 aliphatic rings. The predicted molar refractivity (Wildman–Crippen MR) is 80.8 cm³/mol. The second-order valence-electron chi connectivity index (χ2n) is 4.43. The Labute approximate surface area is 124 Å². The lowest BCUT2D eigenvalue weighted by molar-refractivity contribution is 0.548. The Morgan fingerprint density at radius 1 is 1.37 bits per heavy atom. The van der Waals surface area contributed by atoms with Gasteiger partial charge in [0.2, 0.25) is 10.0 Å². The Morgan fingerprint density at radius 2 is 2.11 bits per heavy atom. The van der Waals surface area contributed by atoms with Crippen molar-refractivity contribution in [1.82, 2.24) is 4.72 Å². The molecule has 5 nitrogen and oxygen atoms in total. The molecule has 2 atom stereocenters. The van der Waals surface area contributed by atoms with Crippen LogP contribution in [0.15, 0.2) is 31.8 Å². The van der Waals surface area contributed by atoms with Crippen molar-refractivity contribution < 1.29 is 8.42 Å². The molecule has 0 amide bonds. The van der Waals surface area contributed by atoms with Gasteiger partial charge in [0.25, 0.3) is 0 Å². The molecule has 0 fully saturated rings. The van der Waals surface area contributed by atoms with Gasteiger partial charge in [-0.25, -0.2) is 13.1 Å². The molecule has 1 heterocycles. The molecule has 1 N–H and O–H groups in total. The van der Waals surface area contributed by atoms with Crippen LogP contribution in [-0.4, -0.2) is 19.3 Å². The number of benzene rings is 1. The number of hydrogen-bond donors (Lipinski definition) is 1. The molecule has 2 rings (SSSR count). The van der Waals surface area contributed by atoms with Crippen molar-refractivity contribution in [1.29, 1.82) is 0 Å². The summed E-state index contributed by atoms with van der Waals surface area (Å²) in [6.45, 7) is 3.82. The summed E-state index contributed by atoms with van der Waals surface area (Å²) in [5.74, 6) is 0. The zero-order valence-electron chi connectivity index (χ0n) is 10.5. The summed E-state index contributed by atoms with van der Waals surface area (Å²) in [4.78, 5) is 0.440. The first-order valence-corrected chi connectivity index (χ1v) is 8.91. The highest BCUT2D eigenvalue weighted by atomic mass is 79.9. The molecule has 19 heavy (non-hydrogen) atoms. The lowest BCUT2D eigenvalue weighted by Crippen LogP contribution is -2.33. The average Bonchev–Trinajstić information content (AvgIpc) is 2.73. The van der Waals surface area contributed by atoms with Gasteiger partial charge in [0, 0.05) is 10.9 Å². The highest BCUT2D eigenvalue weighted by molar-refractivity contribution is 9.09. The van der Waals surface area contributed by atoms with Gasteiger partial charge in [-0.1, -0.05) is 28.9 Å². The van der Waals surface area contributed by atoms with Crippen molar-refractivity contribution in [2.75, 3.05) is 0 Å². The van der Waals surface area contributed by atoms with Crippen molar-refractivity contribution in [2.24, 2.45) is 8.73 Å². The number of hydrogen-bond acceptors (Lipinski definition) is 4. The molecule has 0 saturated heterocycles. The van der Waals surface area contributed by atoms with Gasteiger partial charge in [-0.05, 0) is 25.5 Å². The minimum Gasteiger partial charge on any atom is -0.208 e. The molecule has 1 aliphatic heterocycles. The number of nitrogens with zero attached hydrogens (tertiary/aromatic N) is 2. The summed E-state index contributed by atoms with van der Waals surface area (Å²) in [6, 6.07) is 4.83. The van der Waals surface area contributed by atoms with Crippen LogP contribution in [0.3, 0.4) is 0 Å². The second kappa shape index (κ2) is 5.82. The molecule has 0 aliphatic carbocycles. The summed E-state index contributed by atoms with van der Waals surface area (Å²) in [6.07, 6.45) is 0.713. The van der Waals surface area contributed by atoms with Gasteiger partial charge < -0.3 is 0 Å². The van der Waals surface area contributed by atoms with E-state index in [9.17, 15) is 8.42 Å². The van der Waals surface area contributed by atoms with E-state index in [-0.39, 0.29) is 15.8 Å². The number of rotatable bonds is 5. The topological polar surface area (TPSA) is 70.9 Å². The van der Waals surface area contributed by atoms with E-state index in [2.05, 4.69) is 29.4 Å². The summed E-state index contributed by atoms with van der Waals surface area (Å²) in [7, 11) is -3.57. The molecule has 0 saturated carbocycles. The van der Waals surface area contributed by atoms with Crippen LogP contribution in [0.1, 0.15) is 20.3 Å². The summed E-state index contributed by atoms with van der Waals surface area (Å²) in [5.41, 5.74) is 1.04. The molecule has 0 radical (unpaired) electrons. The van der Waals surface area contributed by atoms with Gasteiger partial charge >= 0.3 is 0 Å². The van der Waals surface area contributed by atoms with Gasteiger partial charge in [-0.3, -0.25) is 0 Å². The van der Waals surface area contributed by atoms with Crippen LogP contribution in [0.5, 0.6) is 0 Å². The van der Waals surface area contributed by atoms with E-state index in [1.807, 2.05) is 13.8 Å². The van der Waals surface area contributed by atoms with Crippen LogP contribution in [0.2, 0.25) is 0 Å². The van der Waals surface area contributed by atoms with E-state index in [0.717, 1.165) is 11.4 Å². The van der Waals surface area contributed by atoms with Crippen LogP contribution < -0.4 is 4.72 Å². The normalized spacial score (nSPS) is 16.8. The highest BCUT2D eigenvalue weighted by Gasteiger charge is 2.24. The number of halogens is 1. The Morgan fingerprint density at radius 3 is 2.79 bits per heavy atom. The summed E-state index contributed by atoms with van der Waals surface area (Å²) >= 11 is 4.43. The average molecular weight is 364 g/mol. The maximum absolute atomic E-state index is 12.3. The molecule has 8 heteroatoms. The molecule has 0 bridgehead atoms. The fraction of sp³-hybridized carbons (Fsp3) is 0.455. The minimum atomic E-state index is -3.57.